The molecule has 3 aromatic rings. The zero-order chi connectivity index (χ0) is 25.2. The van der Waals surface area contributed by atoms with E-state index in [1.54, 1.807) is 0 Å². The van der Waals surface area contributed by atoms with Crippen molar-refractivity contribution < 1.29 is 46.1 Å². The average molecular weight is 484 g/mol. The molecule has 0 saturated heterocycles. The van der Waals surface area contributed by atoms with Crippen LogP contribution in [0, 0.1) is 11.6 Å². The first-order valence-electron chi connectivity index (χ1n) is 9.80. The second-order valence-corrected chi connectivity index (χ2v) is 7.31. The summed E-state index contributed by atoms with van der Waals surface area (Å²) in [5.41, 5.74) is 3.73. The molecular formula is C21H18BF5N2O5. The number of oxazole rings is 1. The van der Waals surface area contributed by atoms with E-state index in [0.717, 1.165) is 24.3 Å². The van der Waals surface area contributed by atoms with Crippen molar-refractivity contribution in [3.8, 4) is 17.0 Å². The van der Waals surface area contributed by atoms with E-state index in [2.05, 4.69) is 4.98 Å². The van der Waals surface area contributed by atoms with Crippen molar-refractivity contribution in [1.82, 2.24) is 4.98 Å². The van der Waals surface area contributed by atoms with Gasteiger partial charge in [0.05, 0.1) is 23.9 Å². The standard InChI is InChI=1S/C21H18BF5N2O5/c22-18-17(9-1-3-10(4-2-9)21(25,26)27)29-20(34-18)14(7-11(31)8-30)33-13-6-5-12(23)15(16(13)24)19(28)32/h1-6,11,14,30-31H,7-8,22H2,(H2,28,32). The van der Waals surface area contributed by atoms with E-state index < -0.39 is 59.4 Å². The third-order valence-corrected chi connectivity index (χ3v) is 4.84. The summed E-state index contributed by atoms with van der Waals surface area (Å²) in [6.45, 7) is -0.691. The molecule has 1 aromatic heterocycles. The number of aromatic nitrogens is 1. The molecule has 2 aromatic carbocycles. The van der Waals surface area contributed by atoms with Gasteiger partial charge in [0, 0.05) is 12.0 Å². The van der Waals surface area contributed by atoms with Crippen molar-refractivity contribution >= 4 is 19.4 Å². The lowest BCUT2D eigenvalue weighted by Crippen LogP contribution is -2.21. The molecule has 0 fully saturated rings. The van der Waals surface area contributed by atoms with Gasteiger partial charge in [-0.2, -0.15) is 13.2 Å². The fourth-order valence-electron chi connectivity index (χ4n) is 3.16. The molecule has 0 aliphatic carbocycles. The predicted molar refractivity (Wildman–Crippen MR) is 111 cm³/mol. The van der Waals surface area contributed by atoms with Crippen LogP contribution in [0.5, 0.6) is 5.75 Å². The number of amides is 1. The number of ether oxygens (including phenoxy) is 1. The largest absolute Gasteiger partial charge is 0.477 e. The van der Waals surface area contributed by atoms with Crippen LogP contribution in [-0.2, 0) is 6.18 Å². The topological polar surface area (TPSA) is 119 Å². The van der Waals surface area contributed by atoms with Gasteiger partial charge < -0.3 is 25.1 Å². The van der Waals surface area contributed by atoms with E-state index in [0.29, 0.717) is 0 Å². The molecule has 4 N–H and O–H groups in total. The van der Waals surface area contributed by atoms with E-state index >= 15 is 0 Å². The Bertz CT molecular complexity index is 1180. The molecule has 0 saturated carbocycles. The first-order valence-corrected chi connectivity index (χ1v) is 9.80. The number of nitrogens with two attached hydrogens (primary N) is 1. The highest BCUT2D eigenvalue weighted by Gasteiger charge is 2.31. The first kappa shape index (κ1) is 25.2. The number of primary amides is 1. The normalized spacial score (nSPS) is 13.5. The summed E-state index contributed by atoms with van der Waals surface area (Å²) in [5.74, 6) is -4.77. The van der Waals surface area contributed by atoms with Crippen molar-refractivity contribution in [2.75, 3.05) is 6.61 Å². The fraction of sp³-hybridized carbons (Fsp3) is 0.238. The minimum atomic E-state index is -4.52. The summed E-state index contributed by atoms with van der Waals surface area (Å²) in [4.78, 5) is 15.6. The van der Waals surface area contributed by atoms with Crippen molar-refractivity contribution in [2.24, 2.45) is 5.73 Å². The highest BCUT2D eigenvalue weighted by atomic mass is 19.4. The summed E-state index contributed by atoms with van der Waals surface area (Å²) in [7, 11) is 1.48. The number of halogens is 5. The molecule has 0 bridgehead atoms. The Kier molecular flexibility index (Phi) is 7.27. The number of rotatable bonds is 8. The summed E-state index contributed by atoms with van der Waals surface area (Å²) < 4.78 is 78.0. The molecule has 7 nitrogen and oxygen atoms in total. The second kappa shape index (κ2) is 9.81. The Morgan fingerprint density at radius 2 is 1.82 bits per heavy atom. The van der Waals surface area contributed by atoms with Crippen molar-refractivity contribution in [3.63, 3.8) is 0 Å². The summed E-state index contributed by atoms with van der Waals surface area (Å²) >= 11 is 0. The fourth-order valence-corrected chi connectivity index (χ4v) is 3.16. The van der Waals surface area contributed by atoms with Crippen molar-refractivity contribution in [1.29, 1.82) is 0 Å². The van der Waals surface area contributed by atoms with E-state index in [9.17, 15) is 37.0 Å². The van der Waals surface area contributed by atoms with E-state index in [-0.39, 0.29) is 29.2 Å². The van der Waals surface area contributed by atoms with Crippen LogP contribution >= 0.6 is 0 Å². The summed E-state index contributed by atoms with van der Waals surface area (Å²) in [5, 5.41) is 19.1. The van der Waals surface area contributed by atoms with Crippen molar-refractivity contribution in [2.45, 2.75) is 24.8 Å². The minimum absolute atomic E-state index is 0.160. The number of alkyl halides is 3. The molecule has 180 valence electrons. The maximum absolute atomic E-state index is 14.6. The van der Waals surface area contributed by atoms with E-state index in [1.807, 2.05) is 0 Å². The number of benzene rings is 2. The lowest BCUT2D eigenvalue weighted by Gasteiger charge is -2.19. The van der Waals surface area contributed by atoms with Crippen molar-refractivity contribution in [3.05, 3.63) is 65.1 Å². The van der Waals surface area contributed by atoms with Gasteiger partial charge in [0.25, 0.3) is 5.91 Å². The highest BCUT2D eigenvalue weighted by Crippen LogP contribution is 2.33. The first-order chi connectivity index (χ1) is 15.9. The van der Waals surface area contributed by atoms with E-state index in [1.165, 1.54) is 20.0 Å². The van der Waals surface area contributed by atoms with Gasteiger partial charge in [0.15, 0.2) is 25.5 Å². The summed E-state index contributed by atoms with van der Waals surface area (Å²) in [6.07, 6.45) is -7.56. The quantitative estimate of drug-likeness (QED) is 0.332. The van der Waals surface area contributed by atoms with Gasteiger partial charge in [-0.1, -0.05) is 12.1 Å². The molecule has 0 aliphatic rings. The molecule has 34 heavy (non-hydrogen) atoms. The molecule has 1 amide bonds. The summed E-state index contributed by atoms with van der Waals surface area (Å²) in [6, 6.07) is 5.76. The van der Waals surface area contributed by atoms with Crippen LogP contribution in [0.3, 0.4) is 0 Å². The Hall–Kier alpha value is -3.45. The van der Waals surface area contributed by atoms with Crippen LogP contribution in [0.1, 0.15) is 34.3 Å². The molecule has 13 heteroatoms. The molecule has 0 radical (unpaired) electrons. The van der Waals surface area contributed by atoms with Gasteiger partial charge in [0.1, 0.15) is 17.1 Å². The van der Waals surface area contributed by atoms with Gasteiger partial charge in [-0.05, 0) is 24.3 Å². The molecule has 3 rings (SSSR count). The van der Waals surface area contributed by atoms with Gasteiger partial charge in [-0.25, -0.2) is 13.8 Å². The number of hydrogen-bond acceptors (Lipinski definition) is 6. The second-order valence-electron chi connectivity index (χ2n) is 7.31. The lowest BCUT2D eigenvalue weighted by molar-refractivity contribution is -0.137. The highest BCUT2D eigenvalue weighted by molar-refractivity contribution is 6.33. The minimum Gasteiger partial charge on any atom is -0.477 e. The van der Waals surface area contributed by atoms with Gasteiger partial charge in [0.2, 0.25) is 5.89 Å². The zero-order valence-electron chi connectivity index (χ0n) is 17.6. The Morgan fingerprint density at radius 3 is 2.38 bits per heavy atom. The van der Waals surface area contributed by atoms with Gasteiger partial charge in [-0.15, -0.1) is 0 Å². The Morgan fingerprint density at radius 1 is 1.18 bits per heavy atom. The van der Waals surface area contributed by atoms with Crippen LogP contribution < -0.4 is 16.1 Å². The molecule has 0 spiro atoms. The Labute approximate surface area is 190 Å². The molecular weight excluding hydrogens is 466 g/mol. The SMILES string of the molecule is Bc1oc(C(CC(O)CO)Oc2ccc(F)c(C(N)=O)c2F)nc1-c1ccc(C(F)(F)F)cc1. The molecule has 2 atom stereocenters. The number of nitrogens with zero attached hydrogens (tertiary/aromatic N) is 1. The van der Waals surface area contributed by atoms with Crippen LogP contribution in [-0.4, -0.2) is 41.7 Å². The molecule has 0 aliphatic heterocycles. The van der Waals surface area contributed by atoms with Crippen LogP contribution in [0.25, 0.3) is 11.3 Å². The van der Waals surface area contributed by atoms with Gasteiger partial charge >= 0.3 is 6.18 Å². The van der Waals surface area contributed by atoms with Crippen LogP contribution in [0.15, 0.2) is 40.8 Å². The molecule has 2 unspecified atom stereocenters. The van der Waals surface area contributed by atoms with Crippen LogP contribution in [0.4, 0.5) is 22.0 Å². The number of carbonyl (C=O) groups excluding carboxylic acids is 1. The predicted octanol–water partition coefficient (Wildman–Crippen LogP) is 1.86. The molecule has 1 heterocycles. The maximum atomic E-state index is 14.6. The lowest BCUT2D eigenvalue weighted by atomic mass is 9.98. The number of aliphatic hydroxyl groups is 2. The third-order valence-electron chi connectivity index (χ3n) is 4.84. The van der Waals surface area contributed by atoms with Crippen LogP contribution in [0.2, 0.25) is 0 Å². The number of hydrogen-bond donors (Lipinski definition) is 3. The Balaban J connectivity index is 1.98. The number of aliphatic hydroxyl groups excluding tert-OH is 2. The maximum Gasteiger partial charge on any atom is 0.416 e. The third kappa shape index (κ3) is 5.37. The van der Waals surface area contributed by atoms with E-state index in [4.69, 9.17) is 14.9 Å². The number of carbonyl (C=O) groups is 1. The average Bonchev–Trinajstić information content (AvgIpc) is 3.15. The monoisotopic (exact) mass is 484 g/mol. The van der Waals surface area contributed by atoms with Gasteiger partial charge in [-0.3, -0.25) is 4.79 Å². The smallest absolute Gasteiger partial charge is 0.416 e. The zero-order valence-corrected chi connectivity index (χ0v) is 17.6.